The molecule has 3 nitrogen and oxygen atoms in total. The first-order chi connectivity index (χ1) is 5.72. The Morgan fingerprint density at radius 3 is 2.50 bits per heavy atom. The van der Waals surface area contributed by atoms with Gasteiger partial charge >= 0.3 is 0 Å². The smallest absolute Gasteiger partial charge is 0.182 e. The minimum atomic E-state index is 0.112. The number of phenols is 1. The van der Waals surface area contributed by atoms with Crippen molar-refractivity contribution in [1.82, 2.24) is 0 Å². The lowest BCUT2D eigenvalue weighted by Gasteiger charge is -2.00. The molecule has 1 aromatic rings. The zero-order valence-corrected chi connectivity index (χ0v) is 6.93. The number of nitriles is 1. The van der Waals surface area contributed by atoms with E-state index in [9.17, 15) is 0 Å². The lowest BCUT2D eigenvalue weighted by Crippen LogP contribution is -2.04. The second-order valence-corrected chi connectivity index (χ2v) is 2.52. The van der Waals surface area contributed by atoms with Crippen molar-refractivity contribution in [1.29, 1.82) is 5.26 Å². The van der Waals surface area contributed by atoms with Crippen LogP contribution in [0.2, 0.25) is 0 Å². The summed E-state index contributed by atoms with van der Waals surface area (Å²) in [6, 6.07) is 8.09. The van der Waals surface area contributed by atoms with Gasteiger partial charge in [0.25, 0.3) is 0 Å². The fraction of sp³-hybridized carbons (Fsp3) is 0. The normalized spacial score (nSPS) is 8.58. The average molecular weight is 178 g/mol. The summed E-state index contributed by atoms with van der Waals surface area (Å²) in [5.74, 6) is 0.184. The van der Waals surface area contributed by atoms with Crippen LogP contribution in [0.5, 0.6) is 5.75 Å². The van der Waals surface area contributed by atoms with Crippen LogP contribution >= 0.6 is 12.2 Å². The van der Waals surface area contributed by atoms with Crippen LogP contribution < -0.4 is 5.32 Å². The third-order valence-corrected chi connectivity index (χ3v) is 1.42. The Kier molecular flexibility index (Phi) is 2.62. The Hall–Kier alpha value is -1.60. The Labute approximate surface area is 75.3 Å². The third-order valence-electron chi connectivity index (χ3n) is 1.23. The molecule has 0 saturated carbocycles. The highest BCUT2D eigenvalue weighted by molar-refractivity contribution is 7.81. The van der Waals surface area contributed by atoms with Gasteiger partial charge in [-0.3, -0.25) is 0 Å². The Balaban J connectivity index is 2.73. The predicted molar refractivity (Wildman–Crippen MR) is 49.9 cm³/mol. The van der Waals surface area contributed by atoms with Crippen molar-refractivity contribution in [2.45, 2.75) is 0 Å². The molecule has 0 fully saturated rings. The number of nitrogens with one attached hydrogen (secondary N) is 1. The number of rotatable bonds is 1. The molecule has 0 unspecified atom stereocenters. The van der Waals surface area contributed by atoms with E-state index in [2.05, 4.69) is 17.5 Å². The van der Waals surface area contributed by atoms with Crippen LogP contribution in [0.1, 0.15) is 0 Å². The summed E-state index contributed by atoms with van der Waals surface area (Å²) in [4.78, 5) is 0.112. The van der Waals surface area contributed by atoms with E-state index in [1.54, 1.807) is 18.2 Å². The van der Waals surface area contributed by atoms with Gasteiger partial charge in [0.1, 0.15) is 11.8 Å². The Bertz CT molecular complexity index is 326. The van der Waals surface area contributed by atoms with Crippen molar-refractivity contribution in [2.24, 2.45) is 0 Å². The topological polar surface area (TPSA) is 56.0 Å². The largest absolute Gasteiger partial charge is 0.508 e. The van der Waals surface area contributed by atoms with Gasteiger partial charge in [-0.1, -0.05) is 0 Å². The second-order valence-electron chi connectivity index (χ2n) is 2.11. The van der Waals surface area contributed by atoms with Crippen molar-refractivity contribution in [3.05, 3.63) is 24.3 Å². The molecule has 0 aliphatic rings. The first-order valence-corrected chi connectivity index (χ1v) is 3.63. The minimum Gasteiger partial charge on any atom is -0.508 e. The molecule has 1 aromatic carbocycles. The molecule has 0 atom stereocenters. The molecule has 0 spiro atoms. The Morgan fingerprint density at radius 2 is 2.00 bits per heavy atom. The van der Waals surface area contributed by atoms with Crippen molar-refractivity contribution >= 4 is 22.9 Å². The van der Waals surface area contributed by atoms with Gasteiger partial charge in [-0.2, -0.15) is 5.26 Å². The molecule has 1 rings (SSSR count). The summed E-state index contributed by atoms with van der Waals surface area (Å²) in [7, 11) is 0. The first-order valence-electron chi connectivity index (χ1n) is 3.22. The van der Waals surface area contributed by atoms with Gasteiger partial charge in [-0.15, -0.1) is 0 Å². The van der Waals surface area contributed by atoms with E-state index in [0.717, 1.165) is 0 Å². The number of nitrogens with zero attached hydrogens (tertiary/aromatic N) is 1. The summed E-state index contributed by atoms with van der Waals surface area (Å²) in [6.07, 6.45) is 0. The van der Waals surface area contributed by atoms with Crippen LogP contribution in [-0.2, 0) is 0 Å². The summed E-state index contributed by atoms with van der Waals surface area (Å²) in [6.45, 7) is 0. The molecule has 4 heteroatoms. The van der Waals surface area contributed by atoms with E-state index < -0.39 is 0 Å². The summed E-state index contributed by atoms with van der Waals surface area (Å²) in [5.41, 5.74) is 0.694. The van der Waals surface area contributed by atoms with Gasteiger partial charge in [-0.05, 0) is 36.5 Å². The average Bonchev–Trinajstić information content (AvgIpc) is 2.09. The van der Waals surface area contributed by atoms with Crippen LogP contribution in [0.4, 0.5) is 5.69 Å². The molecule has 0 radical (unpaired) electrons. The molecule has 0 aliphatic heterocycles. The number of phenolic OH excluding ortho intramolecular Hbond substituents is 1. The highest BCUT2D eigenvalue weighted by Crippen LogP contribution is 2.13. The molecule has 0 aliphatic carbocycles. The first kappa shape index (κ1) is 8.50. The van der Waals surface area contributed by atoms with E-state index in [4.69, 9.17) is 10.4 Å². The van der Waals surface area contributed by atoms with Crippen molar-refractivity contribution in [3.63, 3.8) is 0 Å². The maximum Gasteiger partial charge on any atom is 0.182 e. The number of hydrogen-bond donors (Lipinski definition) is 2. The van der Waals surface area contributed by atoms with Crippen LogP contribution in [0.15, 0.2) is 24.3 Å². The minimum absolute atomic E-state index is 0.112. The molecule has 60 valence electrons. The quantitative estimate of drug-likeness (QED) is 0.507. The van der Waals surface area contributed by atoms with Gasteiger partial charge in [-0.25, -0.2) is 0 Å². The standard InChI is InChI=1S/C8H6N2OS/c9-5-8(12)10-6-1-3-7(11)4-2-6/h1-4,11H,(H,10,12). The molecule has 2 N–H and O–H groups in total. The zero-order chi connectivity index (χ0) is 8.97. The van der Waals surface area contributed by atoms with Crippen LogP contribution in [-0.4, -0.2) is 10.1 Å². The predicted octanol–water partition coefficient (Wildman–Crippen LogP) is 1.66. The van der Waals surface area contributed by atoms with Crippen molar-refractivity contribution in [2.75, 3.05) is 5.32 Å². The van der Waals surface area contributed by atoms with Crippen LogP contribution in [0.3, 0.4) is 0 Å². The molecular formula is C8H6N2OS. The summed E-state index contributed by atoms with van der Waals surface area (Å²) >= 11 is 4.64. The molecule has 0 amide bonds. The number of aromatic hydroxyl groups is 1. The number of anilines is 1. The van der Waals surface area contributed by atoms with Crippen LogP contribution in [0, 0.1) is 11.3 Å². The maximum absolute atomic E-state index is 8.92. The fourth-order valence-electron chi connectivity index (χ4n) is 0.704. The van der Waals surface area contributed by atoms with E-state index in [1.165, 1.54) is 12.1 Å². The third kappa shape index (κ3) is 2.22. The van der Waals surface area contributed by atoms with Crippen molar-refractivity contribution < 1.29 is 5.11 Å². The van der Waals surface area contributed by atoms with Gasteiger partial charge in [0.15, 0.2) is 4.99 Å². The van der Waals surface area contributed by atoms with Gasteiger partial charge in [0, 0.05) is 5.69 Å². The van der Waals surface area contributed by atoms with E-state index in [1.807, 2.05) is 0 Å². The lowest BCUT2D eigenvalue weighted by molar-refractivity contribution is 0.475. The van der Waals surface area contributed by atoms with Gasteiger partial charge < -0.3 is 10.4 Å². The monoisotopic (exact) mass is 178 g/mol. The van der Waals surface area contributed by atoms with E-state index in [0.29, 0.717) is 5.69 Å². The lowest BCUT2D eigenvalue weighted by atomic mass is 10.3. The number of benzene rings is 1. The molecule has 12 heavy (non-hydrogen) atoms. The SMILES string of the molecule is N#CC(=S)Nc1ccc(O)cc1. The maximum atomic E-state index is 8.92. The molecule has 0 aromatic heterocycles. The Morgan fingerprint density at radius 1 is 1.42 bits per heavy atom. The number of thiocarbonyl (C=S) groups is 1. The second kappa shape index (κ2) is 3.69. The highest BCUT2D eigenvalue weighted by atomic mass is 32.1. The molecule has 0 heterocycles. The van der Waals surface area contributed by atoms with E-state index >= 15 is 0 Å². The van der Waals surface area contributed by atoms with Crippen LogP contribution in [0.25, 0.3) is 0 Å². The fourth-order valence-corrected chi connectivity index (χ4v) is 0.822. The molecule has 0 saturated heterocycles. The van der Waals surface area contributed by atoms with Gasteiger partial charge in [0.2, 0.25) is 0 Å². The number of hydrogen-bond acceptors (Lipinski definition) is 3. The van der Waals surface area contributed by atoms with Gasteiger partial charge in [0.05, 0.1) is 0 Å². The van der Waals surface area contributed by atoms with Crippen molar-refractivity contribution in [3.8, 4) is 11.8 Å². The highest BCUT2D eigenvalue weighted by Gasteiger charge is 1.94. The zero-order valence-electron chi connectivity index (χ0n) is 6.11. The molecule has 0 bridgehead atoms. The summed E-state index contributed by atoms with van der Waals surface area (Å²) in [5, 5.41) is 19.9. The molecular weight excluding hydrogens is 172 g/mol. The van der Waals surface area contributed by atoms with E-state index in [-0.39, 0.29) is 10.7 Å². The summed E-state index contributed by atoms with van der Waals surface area (Å²) < 4.78 is 0.